The fraction of sp³-hybridized carbons (Fsp3) is 0. The predicted molar refractivity (Wildman–Crippen MR) is 97.0 cm³/mol. The van der Waals surface area contributed by atoms with Crippen molar-refractivity contribution < 1.29 is 5.11 Å². The molecule has 0 spiro atoms. The van der Waals surface area contributed by atoms with Gasteiger partial charge < -0.3 is 5.11 Å². The minimum absolute atomic E-state index is 0. The van der Waals surface area contributed by atoms with E-state index in [0.29, 0.717) is 5.75 Å². The van der Waals surface area contributed by atoms with E-state index >= 15 is 0 Å². The summed E-state index contributed by atoms with van der Waals surface area (Å²) in [7, 11) is 0. The molecule has 112 valence electrons. The van der Waals surface area contributed by atoms with E-state index in [1.165, 1.54) is 0 Å². The fourth-order valence-electron chi connectivity index (χ4n) is 3.37. The predicted octanol–water partition coefficient (Wildman–Crippen LogP) is 5.81. The van der Waals surface area contributed by atoms with Crippen LogP contribution in [0.5, 0.6) is 5.75 Å². The molecular weight excluding hydrogens is 814 g/mol. The zero-order valence-corrected chi connectivity index (χ0v) is 26.6. The molecule has 0 aromatic heterocycles. The number of rotatable bonds is 0. The molecule has 0 amide bonds. The second-order valence-corrected chi connectivity index (χ2v) is 5.96. The molecule has 0 aliphatic carbocycles. The summed E-state index contributed by atoms with van der Waals surface area (Å²) in [6.45, 7) is 0. The molecule has 0 aliphatic heterocycles. The van der Waals surface area contributed by atoms with Crippen LogP contribution in [0.4, 0.5) is 0 Å². The van der Waals surface area contributed by atoms with Crippen LogP contribution in [0.25, 0.3) is 43.1 Å². The monoisotopic (exact) mass is 827 g/mol. The van der Waals surface area contributed by atoms with Crippen molar-refractivity contribution in [3.05, 3.63) is 78.9 Å². The Kier molecular flexibility index (Phi) is 2.97. The molecule has 0 heterocycles. The van der Waals surface area contributed by atoms with Crippen molar-refractivity contribution in [1.82, 2.24) is 0 Å². The third-order valence-electron chi connectivity index (χ3n) is 4.55. The first-order valence-electron chi connectivity index (χ1n) is 7.69. The Labute approximate surface area is 133 Å². The zero-order chi connectivity index (χ0) is 15.4. The van der Waals surface area contributed by atoms with Crippen LogP contribution >= 0.6 is 0 Å². The summed E-state index contributed by atoms with van der Waals surface area (Å²) < 4.78 is 0. The maximum Gasteiger partial charge on any atom is 0.0650 e. The van der Waals surface area contributed by atoms with Crippen LogP contribution in [0.1, 0.15) is 0 Å². The van der Waals surface area contributed by atoms with Crippen LogP contribution < -0.4 is 0 Å². The number of aromatic hydroxyl groups is 1. The van der Waals surface area contributed by atoms with Crippen LogP contribution in [-0.2, 0) is 0 Å². The standard InChI is InChI=1S/C22H13O.2Rf/c23-22-20-12-16-7-3-1-5-14(16)9-18(20)11-19-10-15-6-2-4-8-17(15)13-21(19)22;;/h1-10,12-13,23H;;/q-1;;. The van der Waals surface area contributed by atoms with E-state index in [0.717, 1.165) is 43.1 Å². The van der Waals surface area contributed by atoms with Crippen molar-refractivity contribution in [2.24, 2.45) is 0 Å². The van der Waals surface area contributed by atoms with Gasteiger partial charge in [0, 0.05) is 0 Å². The Morgan fingerprint density at radius 1 is 0.560 bits per heavy atom. The molecular formula is C22H13ORf2-. The van der Waals surface area contributed by atoms with Crippen molar-refractivity contribution in [3.8, 4) is 5.75 Å². The van der Waals surface area contributed by atoms with E-state index in [1.54, 1.807) is 0 Å². The molecule has 0 bridgehead atoms. The minimum Gasteiger partial charge on any atom is -0.522 e. The smallest absolute Gasteiger partial charge is 0.0650 e. The third kappa shape index (κ3) is 1.94. The molecule has 0 saturated heterocycles. The van der Waals surface area contributed by atoms with Crippen LogP contribution in [0.2, 0.25) is 0 Å². The maximum absolute atomic E-state index is 10.8. The van der Waals surface area contributed by atoms with Crippen LogP contribution in [0, 0.1) is 6.07 Å². The van der Waals surface area contributed by atoms with Crippen LogP contribution in [0.3, 0.4) is 0 Å². The first-order chi connectivity index (χ1) is 11.3. The number of phenolic OH excluding ortho intramolecular Hbond substituents is 1. The Bertz CT molecular complexity index is 1130. The van der Waals surface area contributed by atoms with Gasteiger partial charge in [0.05, 0.1) is 5.75 Å². The quantitative estimate of drug-likeness (QED) is 0.155. The first kappa shape index (κ1) is 14.9. The molecule has 3 heteroatoms. The summed E-state index contributed by atoms with van der Waals surface area (Å²) in [4.78, 5) is 0. The number of hydrogen-bond acceptors (Lipinski definition) is 1. The molecule has 5 aromatic rings. The van der Waals surface area contributed by atoms with Gasteiger partial charge in [-0.1, -0.05) is 71.4 Å². The molecule has 0 fully saturated rings. The van der Waals surface area contributed by atoms with Gasteiger partial charge in [-0.05, 0) is 21.5 Å². The van der Waals surface area contributed by atoms with Gasteiger partial charge in [-0.25, -0.2) is 0 Å². The SMILES string of the molecule is Oc1c2cc3ccccc3cc2[c-]c2cc3ccccc3cc12.[Rf].[Rf]. The van der Waals surface area contributed by atoms with Gasteiger partial charge in [0.1, 0.15) is 0 Å². The van der Waals surface area contributed by atoms with Crippen molar-refractivity contribution in [3.63, 3.8) is 0 Å². The molecule has 5 rings (SSSR count). The number of fused-ring (bicyclic) bond motifs is 4. The first-order valence-corrected chi connectivity index (χ1v) is 7.69. The average Bonchev–Trinajstić information content (AvgIpc) is 2.59. The maximum atomic E-state index is 10.8. The molecule has 0 aliphatic rings. The largest absolute Gasteiger partial charge is 0.522 e. The molecule has 0 radical (unpaired) electrons. The van der Waals surface area contributed by atoms with Gasteiger partial charge in [-0.3, -0.25) is 0 Å². The van der Waals surface area contributed by atoms with Crippen LogP contribution in [-0.4, -0.2) is 5.11 Å². The van der Waals surface area contributed by atoms with E-state index in [4.69, 9.17) is 0 Å². The summed E-state index contributed by atoms with van der Waals surface area (Å²) in [5, 5.41) is 19.0. The fourth-order valence-corrected chi connectivity index (χ4v) is 3.37. The molecule has 0 saturated carbocycles. The van der Waals surface area contributed by atoms with Gasteiger partial charge in [-0.2, -0.15) is 0 Å². The topological polar surface area (TPSA) is 20.2 Å². The van der Waals surface area contributed by atoms with E-state index in [1.807, 2.05) is 36.4 Å². The van der Waals surface area contributed by atoms with E-state index in [-0.39, 0.29) is 0 Å². The van der Waals surface area contributed by atoms with E-state index in [9.17, 15) is 5.11 Å². The second kappa shape index (κ2) is 4.99. The molecule has 1 N–H and O–H groups in total. The third-order valence-corrected chi connectivity index (χ3v) is 4.55. The Morgan fingerprint density at radius 3 is 1.32 bits per heavy atom. The summed E-state index contributed by atoms with van der Waals surface area (Å²) in [5.41, 5.74) is 0. The molecule has 5 aromatic carbocycles. The Hall–Kier alpha value is -5.06. The number of benzene rings is 5. The van der Waals surface area contributed by atoms with Gasteiger partial charge in [0.15, 0.2) is 0 Å². The van der Waals surface area contributed by atoms with Crippen molar-refractivity contribution in [2.45, 2.75) is 0 Å². The van der Waals surface area contributed by atoms with E-state index < -0.39 is 0 Å². The summed E-state index contributed by atoms with van der Waals surface area (Å²) in [5.74, 6) is 0.338. The Balaban J connectivity index is 0.000000911. The van der Waals surface area contributed by atoms with Gasteiger partial charge >= 0.3 is 0 Å². The summed E-state index contributed by atoms with van der Waals surface area (Å²) in [6, 6.07) is 28.2. The average molecular weight is 827 g/mol. The van der Waals surface area contributed by atoms with Crippen molar-refractivity contribution >= 4 is 43.1 Å². The molecule has 1 nitrogen and oxygen atoms in total. The van der Waals surface area contributed by atoms with Gasteiger partial charge in [-0.15, -0.1) is 29.0 Å². The zero-order valence-electron chi connectivity index (χ0n) is 13.8. The normalized spacial score (nSPS) is 10.7. The Morgan fingerprint density at radius 2 is 0.920 bits per heavy atom. The number of phenols is 1. The van der Waals surface area contributed by atoms with E-state index in [2.05, 4.69) is 42.5 Å². The number of hydrogen-bond donors (Lipinski definition) is 1. The second-order valence-electron chi connectivity index (χ2n) is 5.96. The minimum atomic E-state index is 0. The summed E-state index contributed by atoms with van der Waals surface area (Å²) >= 11 is 0. The van der Waals surface area contributed by atoms with Crippen molar-refractivity contribution in [1.29, 1.82) is 0 Å². The van der Waals surface area contributed by atoms with Crippen molar-refractivity contribution in [2.75, 3.05) is 0 Å². The van der Waals surface area contributed by atoms with Crippen LogP contribution in [0.15, 0.2) is 72.8 Å². The van der Waals surface area contributed by atoms with Gasteiger partial charge in [0.2, 0.25) is 0 Å². The summed E-state index contributed by atoms with van der Waals surface area (Å²) in [6.07, 6.45) is 0. The van der Waals surface area contributed by atoms with Gasteiger partial charge in [0.25, 0.3) is 0 Å². The molecule has 0 unspecified atom stereocenters. The molecule has 25 heavy (non-hydrogen) atoms. The molecule has 0 atom stereocenters.